The molecule has 0 radical (unpaired) electrons. The number of amides is 2. The van der Waals surface area contributed by atoms with Crippen LogP contribution in [0.4, 0.5) is 10.5 Å². The van der Waals surface area contributed by atoms with Crippen LogP contribution in [-0.2, 0) is 11.3 Å². The number of aromatic nitrogens is 1. The summed E-state index contributed by atoms with van der Waals surface area (Å²) in [6, 6.07) is 3.68. The molecule has 1 atom stereocenters. The number of ether oxygens (including phenoxy) is 1. The van der Waals surface area contributed by atoms with Crippen molar-refractivity contribution in [1.82, 2.24) is 9.47 Å². The second kappa shape index (κ2) is 6.48. The molecule has 1 aromatic heterocycles. The number of rotatable bonds is 3. The fraction of sp³-hybridized carbons (Fsp3) is 0.684. The lowest BCUT2D eigenvalue weighted by Crippen LogP contribution is -2.72. The maximum atomic E-state index is 12.9. The highest BCUT2D eigenvalue weighted by atomic mass is 16.5. The molecule has 1 aliphatic carbocycles. The standard InChI is InChI=1S/C19H27N3O3/c1-2-21-10-3-5-15(17(21)23)20-18(24)22-13-19(8-4-9-19)16(22)14-6-11-25-12-7-14/h3,5,10,14,16H,2,4,6-9,11-13H2,1H3,(H,20,24). The summed E-state index contributed by atoms with van der Waals surface area (Å²) in [6.45, 7) is 4.94. The quantitative estimate of drug-likeness (QED) is 0.916. The number of pyridine rings is 1. The Morgan fingerprint density at radius 1 is 1.36 bits per heavy atom. The number of urea groups is 1. The number of carbonyl (C=O) groups excluding carboxylic acids is 1. The van der Waals surface area contributed by atoms with Crippen molar-refractivity contribution in [2.45, 2.75) is 51.6 Å². The lowest BCUT2D eigenvalue weighted by atomic mass is 9.54. The van der Waals surface area contributed by atoms with E-state index in [2.05, 4.69) is 5.32 Å². The van der Waals surface area contributed by atoms with Crippen LogP contribution in [0.15, 0.2) is 23.1 Å². The molecular weight excluding hydrogens is 318 g/mol. The highest BCUT2D eigenvalue weighted by Gasteiger charge is 2.59. The van der Waals surface area contributed by atoms with Crippen molar-refractivity contribution in [2.24, 2.45) is 11.3 Å². The van der Waals surface area contributed by atoms with E-state index in [-0.39, 0.29) is 11.6 Å². The Balaban J connectivity index is 1.50. The smallest absolute Gasteiger partial charge is 0.322 e. The number of aryl methyl sites for hydroxylation is 1. The minimum atomic E-state index is -0.139. The fourth-order valence-corrected chi connectivity index (χ4v) is 4.89. The number of hydrogen-bond acceptors (Lipinski definition) is 3. The van der Waals surface area contributed by atoms with Gasteiger partial charge in [0.15, 0.2) is 0 Å². The molecular formula is C19H27N3O3. The molecule has 2 amide bonds. The highest BCUT2D eigenvalue weighted by molar-refractivity contribution is 5.90. The highest BCUT2D eigenvalue weighted by Crippen LogP contribution is 2.56. The second-order valence-electron chi connectivity index (χ2n) is 7.68. The van der Waals surface area contributed by atoms with Crippen molar-refractivity contribution in [1.29, 1.82) is 0 Å². The number of anilines is 1. The van der Waals surface area contributed by atoms with Crippen LogP contribution in [0.5, 0.6) is 0 Å². The zero-order valence-corrected chi connectivity index (χ0v) is 14.9. The molecule has 25 heavy (non-hydrogen) atoms. The SMILES string of the molecule is CCn1cccc(NC(=O)N2CC3(CCC3)C2C2CCOCC2)c1=O. The number of hydrogen-bond donors (Lipinski definition) is 1. The van der Waals surface area contributed by atoms with Gasteiger partial charge < -0.3 is 19.5 Å². The van der Waals surface area contributed by atoms with E-state index < -0.39 is 0 Å². The van der Waals surface area contributed by atoms with Gasteiger partial charge in [-0.3, -0.25) is 4.79 Å². The van der Waals surface area contributed by atoms with Crippen molar-refractivity contribution in [3.63, 3.8) is 0 Å². The normalized spacial score (nSPS) is 25.3. The van der Waals surface area contributed by atoms with Gasteiger partial charge in [0.1, 0.15) is 5.69 Å². The maximum absolute atomic E-state index is 12.9. The molecule has 2 saturated heterocycles. The number of nitrogens with zero attached hydrogens (tertiary/aromatic N) is 2. The lowest BCUT2D eigenvalue weighted by Gasteiger charge is -2.64. The van der Waals surface area contributed by atoms with E-state index in [1.165, 1.54) is 19.3 Å². The number of carbonyl (C=O) groups is 1. The van der Waals surface area contributed by atoms with Crippen molar-refractivity contribution in [3.05, 3.63) is 28.7 Å². The van der Waals surface area contributed by atoms with Crippen molar-refractivity contribution in [2.75, 3.05) is 25.1 Å². The van der Waals surface area contributed by atoms with Gasteiger partial charge in [-0.05, 0) is 50.7 Å². The van der Waals surface area contributed by atoms with Crippen LogP contribution in [0, 0.1) is 11.3 Å². The van der Waals surface area contributed by atoms with E-state index in [1.54, 1.807) is 22.9 Å². The molecule has 3 aliphatic rings. The van der Waals surface area contributed by atoms with Gasteiger partial charge in [0.25, 0.3) is 5.56 Å². The summed E-state index contributed by atoms with van der Waals surface area (Å²) >= 11 is 0. The van der Waals surface area contributed by atoms with Crippen molar-refractivity contribution in [3.8, 4) is 0 Å². The zero-order valence-electron chi connectivity index (χ0n) is 14.9. The van der Waals surface area contributed by atoms with Crippen LogP contribution in [0.2, 0.25) is 0 Å². The monoisotopic (exact) mass is 345 g/mol. The summed E-state index contributed by atoms with van der Waals surface area (Å²) in [5.41, 5.74) is 0.564. The average molecular weight is 345 g/mol. The molecule has 3 fully saturated rings. The first-order valence-corrected chi connectivity index (χ1v) is 9.49. The zero-order chi connectivity index (χ0) is 17.4. The summed E-state index contributed by atoms with van der Waals surface area (Å²) in [7, 11) is 0. The Morgan fingerprint density at radius 2 is 2.12 bits per heavy atom. The summed E-state index contributed by atoms with van der Waals surface area (Å²) < 4.78 is 7.11. The van der Waals surface area contributed by atoms with Crippen LogP contribution in [0.1, 0.15) is 39.0 Å². The molecule has 1 N–H and O–H groups in total. The third-order valence-corrected chi connectivity index (χ3v) is 6.37. The van der Waals surface area contributed by atoms with Gasteiger partial charge in [-0.1, -0.05) is 6.42 Å². The van der Waals surface area contributed by atoms with E-state index in [1.807, 2.05) is 11.8 Å². The lowest BCUT2D eigenvalue weighted by molar-refractivity contribution is -0.135. The summed E-state index contributed by atoms with van der Waals surface area (Å²) in [5, 5.41) is 2.86. The van der Waals surface area contributed by atoms with Gasteiger partial charge in [0.05, 0.1) is 0 Å². The molecule has 1 saturated carbocycles. The molecule has 6 heteroatoms. The maximum Gasteiger partial charge on any atom is 0.322 e. The van der Waals surface area contributed by atoms with E-state index >= 15 is 0 Å². The molecule has 0 aromatic carbocycles. The van der Waals surface area contributed by atoms with E-state index in [0.29, 0.717) is 29.6 Å². The van der Waals surface area contributed by atoms with E-state index in [0.717, 1.165) is 32.6 Å². The molecule has 0 bridgehead atoms. The van der Waals surface area contributed by atoms with Crippen LogP contribution in [-0.4, -0.2) is 41.3 Å². The molecule has 1 spiro atoms. The Hall–Kier alpha value is -1.82. The molecule has 1 unspecified atom stereocenters. The predicted molar refractivity (Wildman–Crippen MR) is 95.7 cm³/mol. The average Bonchev–Trinajstić information content (AvgIpc) is 2.55. The summed E-state index contributed by atoms with van der Waals surface area (Å²) in [4.78, 5) is 27.2. The predicted octanol–water partition coefficient (Wildman–Crippen LogP) is 2.68. The van der Waals surface area contributed by atoms with Crippen LogP contribution in [0.3, 0.4) is 0 Å². The van der Waals surface area contributed by atoms with Crippen molar-refractivity contribution >= 4 is 11.7 Å². The Bertz CT molecular complexity index is 704. The Morgan fingerprint density at radius 3 is 2.76 bits per heavy atom. The van der Waals surface area contributed by atoms with Gasteiger partial charge in [0.2, 0.25) is 0 Å². The minimum Gasteiger partial charge on any atom is -0.381 e. The van der Waals surface area contributed by atoms with Gasteiger partial charge in [-0.25, -0.2) is 4.79 Å². The third kappa shape index (κ3) is 2.76. The second-order valence-corrected chi connectivity index (χ2v) is 7.68. The first kappa shape index (κ1) is 16.6. The molecule has 136 valence electrons. The van der Waals surface area contributed by atoms with Gasteiger partial charge in [-0.15, -0.1) is 0 Å². The van der Waals surface area contributed by atoms with Gasteiger partial charge in [-0.2, -0.15) is 0 Å². The number of nitrogens with one attached hydrogen (secondary N) is 1. The third-order valence-electron chi connectivity index (χ3n) is 6.37. The first-order valence-electron chi connectivity index (χ1n) is 9.49. The van der Waals surface area contributed by atoms with Crippen LogP contribution < -0.4 is 10.9 Å². The molecule has 4 rings (SSSR count). The Labute approximate surface area is 148 Å². The topological polar surface area (TPSA) is 63.6 Å². The first-order chi connectivity index (χ1) is 12.1. The molecule has 3 heterocycles. The molecule has 2 aliphatic heterocycles. The largest absolute Gasteiger partial charge is 0.381 e. The van der Waals surface area contributed by atoms with Crippen molar-refractivity contribution < 1.29 is 9.53 Å². The van der Waals surface area contributed by atoms with Crippen LogP contribution in [0.25, 0.3) is 0 Å². The fourth-order valence-electron chi connectivity index (χ4n) is 4.89. The number of likely N-dealkylation sites (tertiary alicyclic amines) is 1. The van der Waals surface area contributed by atoms with Crippen LogP contribution >= 0.6 is 0 Å². The van der Waals surface area contributed by atoms with E-state index in [4.69, 9.17) is 4.74 Å². The Kier molecular flexibility index (Phi) is 4.31. The molecule has 1 aromatic rings. The molecule has 6 nitrogen and oxygen atoms in total. The summed E-state index contributed by atoms with van der Waals surface area (Å²) in [5.74, 6) is 0.525. The van der Waals surface area contributed by atoms with E-state index in [9.17, 15) is 9.59 Å². The minimum absolute atomic E-state index is 0.125. The summed E-state index contributed by atoms with van der Waals surface area (Å²) in [6.07, 6.45) is 7.54. The van der Waals surface area contributed by atoms with Gasteiger partial charge in [0, 0.05) is 44.0 Å². The van der Waals surface area contributed by atoms with Gasteiger partial charge >= 0.3 is 6.03 Å².